The molecule has 0 spiro atoms. The quantitative estimate of drug-likeness (QED) is 0.244. The highest BCUT2D eigenvalue weighted by Gasteiger charge is 2.54. The predicted octanol–water partition coefficient (Wildman–Crippen LogP) is 7.05. The van der Waals surface area contributed by atoms with Crippen molar-refractivity contribution < 1.29 is 22.8 Å². The second-order valence-electron chi connectivity index (χ2n) is 11.9. The number of rotatable bonds is 5. The maximum Gasteiger partial charge on any atom is 0.417 e. The standard InChI is InChI=1S/C31H28F3N5O2/c32-31(33,34)23-13-21(36-29(41)30-14-17-9-18(15-30)11-19(10-17)16-30)5-6-22(23)27-37-24-7-4-20(12-25(24)38-27)28(40)39-26-3-1-2-8-35-26/h1-8,12-13,17-19H,9-11,14-16H2,(H,36,41)(H,37,38)(H,35,39,40). The summed E-state index contributed by atoms with van der Waals surface area (Å²) in [6.07, 6.45) is 2.89. The summed E-state index contributed by atoms with van der Waals surface area (Å²) in [5.41, 5.74) is -0.231. The van der Waals surface area contributed by atoms with Gasteiger partial charge in [0.1, 0.15) is 11.6 Å². The molecule has 3 N–H and O–H groups in total. The molecule has 4 bridgehead atoms. The lowest BCUT2D eigenvalue weighted by Crippen LogP contribution is -2.51. The number of nitrogens with zero attached hydrogens (tertiary/aromatic N) is 2. The number of carbonyl (C=O) groups excluding carboxylic acids is 2. The fraction of sp³-hybridized carbons (Fsp3) is 0.355. The van der Waals surface area contributed by atoms with E-state index in [0.717, 1.165) is 25.3 Å². The van der Waals surface area contributed by atoms with Crippen molar-refractivity contribution in [3.63, 3.8) is 0 Å². The van der Waals surface area contributed by atoms with Crippen molar-refractivity contribution in [2.24, 2.45) is 23.2 Å². The third-order valence-corrected chi connectivity index (χ3v) is 9.01. The first-order valence-corrected chi connectivity index (χ1v) is 13.9. The molecule has 4 fully saturated rings. The van der Waals surface area contributed by atoms with Crippen molar-refractivity contribution in [3.05, 3.63) is 71.9 Å². The minimum absolute atomic E-state index is 0.0218. The molecule has 0 unspecified atom stereocenters. The smallest absolute Gasteiger partial charge is 0.338 e. The lowest BCUT2D eigenvalue weighted by Gasteiger charge is -2.55. The van der Waals surface area contributed by atoms with Crippen molar-refractivity contribution >= 4 is 34.4 Å². The Morgan fingerprint density at radius 3 is 2.29 bits per heavy atom. The molecule has 4 aliphatic carbocycles. The molecule has 10 heteroatoms. The number of aromatic nitrogens is 3. The van der Waals surface area contributed by atoms with Gasteiger partial charge in [0.2, 0.25) is 5.91 Å². The SMILES string of the molecule is O=C(Nc1ccccn1)c1ccc2nc(-c3ccc(NC(=O)C45CC6CC(CC(C6)C4)C5)cc3C(F)(F)F)[nH]c2c1. The van der Waals surface area contributed by atoms with Crippen molar-refractivity contribution in [1.82, 2.24) is 15.0 Å². The van der Waals surface area contributed by atoms with Gasteiger partial charge >= 0.3 is 6.18 Å². The summed E-state index contributed by atoms with van der Waals surface area (Å²) >= 11 is 0. The molecule has 8 rings (SSSR count). The first-order valence-electron chi connectivity index (χ1n) is 13.9. The first kappa shape index (κ1) is 25.7. The number of nitrogens with one attached hydrogen (secondary N) is 3. The van der Waals surface area contributed by atoms with Crippen LogP contribution in [0.25, 0.3) is 22.4 Å². The van der Waals surface area contributed by atoms with E-state index in [0.29, 0.717) is 40.2 Å². The third-order valence-electron chi connectivity index (χ3n) is 9.01. The minimum Gasteiger partial charge on any atom is -0.338 e. The summed E-state index contributed by atoms with van der Waals surface area (Å²) < 4.78 is 42.9. The average molecular weight is 560 g/mol. The number of alkyl halides is 3. The molecule has 4 saturated carbocycles. The molecule has 0 atom stereocenters. The number of hydrogen-bond acceptors (Lipinski definition) is 4. The van der Waals surface area contributed by atoms with Crippen LogP contribution >= 0.6 is 0 Å². The van der Waals surface area contributed by atoms with Gasteiger partial charge in [0.05, 0.1) is 22.0 Å². The van der Waals surface area contributed by atoms with Crippen molar-refractivity contribution in [1.29, 1.82) is 0 Å². The van der Waals surface area contributed by atoms with Gasteiger partial charge in [-0.1, -0.05) is 6.07 Å². The second-order valence-corrected chi connectivity index (χ2v) is 11.9. The van der Waals surface area contributed by atoms with E-state index in [1.807, 2.05) is 0 Å². The Hall–Kier alpha value is -4.21. The maximum absolute atomic E-state index is 14.3. The number of H-pyrrole nitrogens is 1. The zero-order valence-electron chi connectivity index (χ0n) is 22.1. The summed E-state index contributed by atoms with van der Waals surface area (Å²) in [5.74, 6) is 1.50. The number of halogens is 3. The molecule has 7 nitrogen and oxygen atoms in total. The Morgan fingerprint density at radius 2 is 1.63 bits per heavy atom. The molecule has 4 aromatic rings. The first-order chi connectivity index (χ1) is 19.6. The van der Waals surface area contributed by atoms with Gasteiger partial charge in [0, 0.05) is 23.0 Å². The van der Waals surface area contributed by atoms with E-state index < -0.39 is 23.1 Å². The summed E-state index contributed by atoms with van der Waals surface area (Å²) in [4.78, 5) is 37.5. The van der Waals surface area contributed by atoms with Crippen LogP contribution in [0.5, 0.6) is 0 Å². The van der Waals surface area contributed by atoms with Gasteiger partial charge < -0.3 is 15.6 Å². The molecule has 2 aromatic heterocycles. The topological polar surface area (TPSA) is 99.8 Å². The Labute approximate surface area is 234 Å². The lowest BCUT2D eigenvalue weighted by atomic mass is 9.49. The highest BCUT2D eigenvalue weighted by Crippen LogP contribution is 2.60. The van der Waals surface area contributed by atoms with Crippen LogP contribution in [-0.2, 0) is 11.0 Å². The van der Waals surface area contributed by atoms with Crippen LogP contribution < -0.4 is 10.6 Å². The van der Waals surface area contributed by atoms with Gasteiger partial charge in [0.15, 0.2) is 0 Å². The van der Waals surface area contributed by atoms with Gasteiger partial charge in [-0.3, -0.25) is 9.59 Å². The number of anilines is 2. The molecular formula is C31H28F3N5O2. The van der Waals surface area contributed by atoms with Gasteiger partial charge in [-0.15, -0.1) is 0 Å². The Morgan fingerprint density at radius 1 is 0.902 bits per heavy atom. The van der Waals surface area contributed by atoms with E-state index in [9.17, 15) is 22.8 Å². The number of imidazole rings is 1. The number of pyridine rings is 1. The molecule has 0 radical (unpaired) electrons. The zero-order chi connectivity index (χ0) is 28.4. The Balaban J connectivity index is 1.16. The summed E-state index contributed by atoms with van der Waals surface area (Å²) in [6.45, 7) is 0. The predicted molar refractivity (Wildman–Crippen MR) is 148 cm³/mol. The molecule has 2 heterocycles. The van der Waals surface area contributed by atoms with E-state index in [1.54, 1.807) is 36.5 Å². The number of fused-ring (bicyclic) bond motifs is 1. The molecule has 0 aliphatic heterocycles. The molecule has 4 aliphatic rings. The minimum atomic E-state index is -4.68. The third kappa shape index (κ3) is 4.75. The van der Waals surface area contributed by atoms with Crippen LogP contribution in [0.4, 0.5) is 24.7 Å². The van der Waals surface area contributed by atoms with Crippen LogP contribution in [0.1, 0.15) is 54.4 Å². The fourth-order valence-electron chi connectivity index (χ4n) is 7.62. The van der Waals surface area contributed by atoms with Crippen LogP contribution in [0.3, 0.4) is 0 Å². The normalized spacial score (nSPS) is 24.9. The second kappa shape index (κ2) is 9.43. The molecule has 2 aromatic carbocycles. The monoisotopic (exact) mass is 559 g/mol. The summed E-state index contributed by atoms with van der Waals surface area (Å²) in [5, 5.41) is 5.52. The number of carbonyl (C=O) groups is 2. The maximum atomic E-state index is 14.3. The number of hydrogen-bond donors (Lipinski definition) is 3. The van der Waals surface area contributed by atoms with E-state index in [-0.39, 0.29) is 23.0 Å². The summed E-state index contributed by atoms with van der Waals surface area (Å²) in [6, 6.07) is 13.6. The number of benzene rings is 2. The fourth-order valence-corrected chi connectivity index (χ4v) is 7.62. The Kier molecular flexibility index (Phi) is 5.92. The van der Waals surface area contributed by atoms with Crippen LogP contribution in [-0.4, -0.2) is 26.8 Å². The van der Waals surface area contributed by atoms with Crippen LogP contribution in [0.2, 0.25) is 0 Å². The zero-order valence-corrected chi connectivity index (χ0v) is 22.1. The summed E-state index contributed by atoms with van der Waals surface area (Å²) in [7, 11) is 0. The van der Waals surface area contributed by atoms with E-state index >= 15 is 0 Å². The van der Waals surface area contributed by atoms with Gasteiger partial charge in [0.25, 0.3) is 5.91 Å². The molecule has 2 amide bonds. The largest absolute Gasteiger partial charge is 0.417 e. The van der Waals surface area contributed by atoms with E-state index in [1.165, 1.54) is 37.5 Å². The van der Waals surface area contributed by atoms with Crippen molar-refractivity contribution in [2.75, 3.05) is 10.6 Å². The molecule has 41 heavy (non-hydrogen) atoms. The average Bonchev–Trinajstić information content (AvgIpc) is 3.36. The van der Waals surface area contributed by atoms with Gasteiger partial charge in [-0.05, 0) is 105 Å². The molecule has 0 saturated heterocycles. The van der Waals surface area contributed by atoms with Crippen molar-refractivity contribution in [3.8, 4) is 11.4 Å². The van der Waals surface area contributed by atoms with Crippen molar-refractivity contribution in [2.45, 2.75) is 44.7 Å². The highest BCUT2D eigenvalue weighted by atomic mass is 19.4. The Bertz CT molecular complexity index is 1630. The van der Waals surface area contributed by atoms with Gasteiger partial charge in [-0.2, -0.15) is 13.2 Å². The molecular weight excluding hydrogens is 531 g/mol. The number of aromatic amines is 1. The van der Waals surface area contributed by atoms with Crippen LogP contribution in [0, 0.1) is 23.2 Å². The lowest BCUT2D eigenvalue weighted by molar-refractivity contribution is -0.140. The van der Waals surface area contributed by atoms with Gasteiger partial charge in [-0.25, -0.2) is 9.97 Å². The highest BCUT2D eigenvalue weighted by molar-refractivity contribution is 6.05. The molecule has 210 valence electrons. The van der Waals surface area contributed by atoms with E-state index in [2.05, 4.69) is 25.6 Å². The van der Waals surface area contributed by atoms with E-state index in [4.69, 9.17) is 0 Å². The van der Waals surface area contributed by atoms with Crippen LogP contribution in [0.15, 0.2) is 60.8 Å². The number of amides is 2.